The van der Waals surface area contributed by atoms with Crippen LogP contribution in [-0.2, 0) is 6.61 Å². The fourth-order valence-electron chi connectivity index (χ4n) is 2.97. The monoisotopic (exact) mass is 332 g/mol. The summed E-state index contributed by atoms with van der Waals surface area (Å²) in [6, 6.07) is 0.213. The van der Waals surface area contributed by atoms with Crippen molar-refractivity contribution in [1.29, 1.82) is 0 Å². The Labute approximate surface area is 138 Å². The molecule has 0 unspecified atom stereocenters. The quantitative estimate of drug-likeness (QED) is 0.737. The number of hydrogen-bond acceptors (Lipinski definition) is 5. The van der Waals surface area contributed by atoms with Gasteiger partial charge >= 0.3 is 0 Å². The Hall–Kier alpha value is -1.92. The van der Waals surface area contributed by atoms with Gasteiger partial charge in [0.2, 0.25) is 0 Å². The van der Waals surface area contributed by atoms with Gasteiger partial charge in [0.1, 0.15) is 28.6 Å². The average molecular weight is 333 g/mol. The lowest BCUT2D eigenvalue weighted by atomic mass is 10.1. The van der Waals surface area contributed by atoms with Gasteiger partial charge in [0, 0.05) is 29.3 Å². The highest BCUT2D eigenvalue weighted by Crippen LogP contribution is 2.45. The first-order valence-electron chi connectivity index (χ1n) is 7.72. The third kappa shape index (κ3) is 2.24. The smallest absolute Gasteiger partial charge is 0.145 e. The molecule has 23 heavy (non-hydrogen) atoms. The lowest BCUT2D eigenvalue weighted by Crippen LogP contribution is -1.99. The van der Waals surface area contributed by atoms with Gasteiger partial charge in [0.05, 0.1) is 12.0 Å². The van der Waals surface area contributed by atoms with Crippen LogP contribution >= 0.6 is 11.6 Å². The summed E-state index contributed by atoms with van der Waals surface area (Å²) >= 11 is 6.32. The number of fused-ring (bicyclic) bond motifs is 1. The number of rotatable bonds is 4. The van der Waals surface area contributed by atoms with Crippen molar-refractivity contribution in [2.24, 2.45) is 0 Å². The molecule has 1 aliphatic carbocycles. The van der Waals surface area contributed by atoms with Crippen molar-refractivity contribution in [2.45, 2.75) is 45.3 Å². The largest absolute Gasteiger partial charge is 0.391 e. The van der Waals surface area contributed by atoms with E-state index >= 15 is 0 Å². The SMILES string of the molecule is CC(C)n1cc(-c2noc(C3CC3)c2CO)c2c(Cl)ncnc21. The Balaban J connectivity index is 1.99. The molecule has 0 aromatic carbocycles. The summed E-state index contributed by atoms with van der Waals surface area (Å²) in [6.07, 6.45) is 5.58. The van der Waals surface area contributed by atoms with E-state index in [4.69, 9.17) is 16.1 Å². The summed E-state index contributed by atoms with van der Waals surface area (Å²) in [5.74, 6) is 1.17. The van der Waals surface area contributed by atoms with Crippen LogP contribution < -0.4 is 0 Å². The summed E-state index contributed by atoms with van der Waals surface area (Å²) in [5.41, 5.74) is 2.94. The number of aromatic nitrogens is 4. The van der Waals surface area contributed by atoms with Crippen molar-refractivity contribution in [3.05, 3.63) is 29.0 Å². The highest BCUT2D eigenvalue weighted by molar-refractivity contribution is 6.35. The highest BCUT2D eigenvalue weighted by atomic mass is 35.5. The number of aliphatic hydroxyl groups is 1. The molecule has 120 valence electrons. The van der Waals surface area contributed by atoms with Crippen molar-refractivity contribution in [2.75, 3.05) is 0 Å². The van der Waals surface area contributed by atoms with E-state index in [-0.39, 0.29) is 12.6 Å². The zero-order valence-corrected chi connectivity index (χ0v) is 13.7. The number of halogens is 1. The molecule has 0 radical (unpaired) electrons. The van der Waals surface area contributed by atoms with Gasteiger partial charge in [0.25, 0.3) is 0 Å². The van der Waals surface area contributed by atoms with Crippen LogP contribution in [-0.4, -0.2) is 24.8 Å². The van der Waals surface area contributed by atoms with Gasteiger partial charge in [-0.05, 0) is 26.7 Å². The lowest BCUT2D eigenvalue weighted by molar-refractivity contribution is 0.277. The summed E-state index contributed by atoms with van der Waals surface area (Å²) in [5, 5.41) is 15.2. The van der Waals surface area contributed by atoms with E-state index in [0.717, 1.165) is 40.8 Å². The van der Waals surface area contributed by atoms with Crippen molar-refractivity contribution in [3.8, 4) is 11.3 Å². The molecule has 3 heterocycles. The Bertz CT molecular complexity index is 880. The summed E-state index contributed by atoms with van der Waals surface area (Å²) in [6.45, 7) is 4.04. The number of nitrogens with zero attached hydrogens (tertiary/aromatic N) is 4. The van der Waals surface area contributed by atoms with Gasteiger partial charge in [-0.25, -0.2) is 9.97 Å². The van der Waals surface area contributed by atoms with Crippen molar-refractivity contribution in [1.82, 2.24) is 19.7 Å². The topological polar surface area (TPSA) is 77.0 Å². The number of aliphatic hydroxyl groups excluding tert-OH is 1. The molecular weight excluding hydrogens is 316 g/mol. The van der Waals surface area contributed by atoms with Crippen LogP contribution in [0.4, 0.5) is 0 Å². The fourth-order valence-corrected chi connectivity index (χ4v) is 3.20. The van der Waals surface area contributed by atoms with Crippen molar-refractivity contribution >= 4 is 22.6 Å². The Morgan fingerprint density at radius 2 is 2.17 bits per heavy atom. The summed E-state index contributed by atoms with van der Waals surface area (Å²) < 4.78 is 7.55. The van der Waals surface area contributed by atoms with E-state index in [9.17, 15) is 5.11 Å². The minimum absolute atomic E-state index is 0.107. The van der Waals surface area contributed by atoms with Crippen LogP contribution in [0.3, 0.4) is 0 Å². The predicted molar refractivity (Wildman–Crippen MR) is 86.3 cm³/mol. The fraction of sp³-hybridized carbons (Fsp3) is 0.438. The van der Waals surface area contributed by atoms with Crippen molar-refractivity contribution < 1.29 is 9.63 Å². The molecule has 1 aliphatic rings. The molecule has 0 aliphatic heterocycles. The molecular formula is C16H17ClN4O2. The van der Waals surface area contributed by atoms with Gasteiger partial charge in [-0.2, -0.15) is 0 Å². The average Bonchev–Trinajstić information content (AvgIpc) is 3.15. The minimum atomic E-state index is -0.107. The van der Waals surface area contributed by atoms with Crippen molar-refractivity contribution in [3.63, 3.8) is 0 Å². The molecule has 1 N–H and O–H groups in total. The maximum Gasteiger partial charge on any atom is 0.145 e. The van der Waals surface area contributed by atoms with E-state index in [2.05, 4.69) is 29.0 Å². The lowest BCUT2D eigenvalue weighted by Gasteiger charge is -2.07. The molecule has 1 fully saturated rings. The van der Waals surface area contributed by atoms with Gasteiger partial charge < -0.3 is 14.2 Å². The van der Waals surface area contributed by atoms with Gasteiger partial charge in [-0.3, -0.25) is 0 Å². The predicted octanol–water partition coefficient (Wildman–Crippen LogP) is 3.69. The van der Waals surface area contributed by atoms with Gasteiger partial charge in [-0.15, -0.1) is 0 Å². The Morgan fingerprint density at radius 1 is 1.39 bits per heavy atom. The molecule has 0 saturated heterocycles. The molecule has 0 bridgehead atoms. The second kappa shape index (κ2) is 5.32. The number of hydrogen-bond donors (Lipinski definition) is 1. The first kappa shape index (κ1) is 14.7. The van der Waals surface area contributed by atoms with E-state index in [1.165, 1.54) is 6.33 Å². The molecule has 3 aromatic heterocycles. The maximum atomic E-state index is 9.81. The molecule has 0 amide bonds. The molecule has 0 spiro atoms. The van der Waals surface area contributed by atoms with Crippen LogP contribution in [0, 0.1) is 0 Å². The molecule has 7 heteroatoms. The Kier molecular flexibility index (Phi) is 3.39. The minimum Gasteiger partial charge on any atom is -0.391 e. The second-order valence-corrected chi connectivity index (χ2v) is 6.57. The van der Waals surface area contributed by atoms with Crippen LogP contribution in [0.2, 0.25) is 5.15 Å². The summed E-state index contributed by atoms with van der Waals surface area (Å²) in [4.78, 5) is 8.46. The maximum absolute atomic E-state index is 9.81. The highest BCUT2D eigenvalue weighted by Gasteiger charge is 2.33. The van der Waals surface area contributed by atoms with Crippen LogP contribution in [0.15, 0.2) is 17.0 Å². The zero-order chi connectivity index (χ0) is 16.1. The first-order valence-corrected chi connectivity index (χ1v) is 8.10. The van der Waals surface area contributed by atoms with Crippen LogP contribution in [0.1, 0.15) is 50.0 Å². The second-order valence-electron chi connectivity index (χ2n) is 6.21. The molecule has 0 atom stereocenters. The molecule has 4 rings (SSSR count). The normalized spacial score (nSPS) is 15.0. The molecule has 6 nitrogen and oxygen atoms in total. The van der Waals surface area contributed by atoms with E-state index < -0.39 is 0 Å². The van der Waals surface area contributed by atoms with E-state index in [0.29, 0.717) is 16.8 Å². The molecule has 3 aromatic rings. The third-order valence-corrected chi connectivity index (χ3v) is 4.59. The van der Waals surface area contributed by atoms with E-state index in [1.807, 2.05) is 10.8 Å². The van der Waals surface area contributed by atoms with Gasteiger partial charge in [-0.1, -0.05) is 16.8 Å². The first-order chi connectivity index (χ1) is 11.1. The third-order valence-electron chi connectivity index (χ3n) is 4.30. The zero-order valence-electron chi connectivity index (χ0n) is 13.0. The Morgan fingerprint density at radius 3 is 2.83 bits per heavy atom. The van der Waals surface area contributed by atoms with E-state index in [1.54, 1.807) is 0 Å². The standard InChI is InChI=1S/C16H17ClN4O2/c1-8(2)21-5-10(12-15(17)18-7-19-16(12)21)13-11(6-22)14(23-20-13)9-3-4-9/h5,7-9,22H,3-4,6H2,1-2H3. The molecule has 1 saturated carbocycles. The van der Waals surface area contributed by atoms with Gasteiger partial charge in [0.15, 0.2) is 0 Å². The summed E-state index contributed by atoms with van der Waals surface area (Å²) in [7, 11) is 0. The van der Waals surface area contributed by atoms with Crippen LogP contribution in [0.25, 0.3) is 22.3 Å². The van der Waals surface area contributed by atoms with Crippen LogP contribution in [0.5, 0.6) is 0 Å².